The molecule has 4 bridgehead atoms. The number of carbonyl (C=O) groups excluding carboxylic acids is 3. The van der Waals surface area contributed by atoms with Crippen molar-refractivity contribution in [2.24, 2.45) is 29.6 Å². The summed E-state index contributed by atoms with van der Waals surface area (Å²) in [4.78, 5) is 50.4. The Kier molecular flexibility index (Phi) is 8.75. The molecule has 2 aromatic carbocycles. The van der Waals surface area contributed by atoms with Gasteiger partial charge in [-0.1, -0.05) is 6.08 Å². The van der Waals surface area contributed by atoms with E-state index in [0.717, 1.165) is 12.2 Å². The van der Waals surface area contributed by atoms with Gasteiger partial charge in [-0.3, -0.25) is 14.4 Å². The Morgan fingerprint density at radius 1 is 0.574 bits per heavy atom. The fourth-order valence-electron chi connectivity index (χ4n) is 6.84. The topological polar surface area (TPSA) is 161 Å². The molecule has 2 saturated heterocycles. The number of imide groups is 1. The molecule has 3 fully saturated rings. The number of allylic oxidation sites excluding steroid dienone is 1. The quantitative estimate of drug-likeness (QED) is 0.129. The van der Waals surface area contributed by atoms with E-state index < -0.39 is 154 Å². The van der Waals surface area contributed by atoms with Gasteiger partial charge in [0.25, 0.3) is 11.8 Å². The molecule has 7 atom stereocenters. The Bertz CT molecular complexity index is 2200. The lowest BCUT2D eigenvalue weighted by atomic mass is 9.63. The maximum Gasteiger partial charge on any atom is 0.416 e. The van der Waals surface area contributed by atoms with E-state index in [4.69, 9.17) is 4.18 Å². The van der Waals surface area contributed by atoms with Crippen molar-refractivity contribution < 1.29 is 97.1 Å². The lowest BCUT2D eigenvalue weighted by Gasteiger charge is -2.33. The molecule has 2 aliphatic heterocycles. The summed E-state index contributed by atoms with van der Waals surface area (Å²) in [6.07, 6.45) is -23.0. The minimum Gasteiger partial charge on any atom is -0.298 e. The summed E-state index contributed by atoms with van der Waals surface area (Å²) >= 11 is 0. The molecule has 0 spiro atoms. The first-order valence-corrected chi connectivity index (χ1v) is 17.3. The molecule has 3 aliphatic carbocycles. The van der Waals surface area contributed by atoms with E-state index in [1.165, 1.54) is 0 Å². The zero-order valence-electron chi connectivity index (χ0n) is 25.5. The molecule has 7 rings (SSSR count). The van der Waals surface area contributed by atoms with Gasteiger partial charge in [0.2, 0.25) is 6.04 Å². The molecule has 12 nitrogen and oxygen atoms in total. The molecule has 0 aromatic heterocycles. The summed E-state index contributed by atoms with van der Waals surface area (Å²) in [7, 11) is -11.7. The predicted molar refractivity (Wildman–Crippen MR) is 144 cm³/mol. The van der Waals surface area contributed by atoms with Crippen LogP contribution in [0.15, 0.2) is 58.3 Å². The van der Waals surface area contributed by atoms with Crippen LogP contribution < -0.4 is 0 Å². The maximum atomic E-state index is 13.6. The van der Waals surface area contributed by atoms with Crippen LogP contribution in [-0.4, -0.2) is 56.5 Å². The number of ketones is 1. The second-order valence-corrected chi connectivity index (χ2v) is 15.3. The van der Waals surface area contributed by atoms with Crippen molar-refractivity contribution in [3.63, 3.8) is 0 Å². The lowest BCUT2D eigenvalue weighted by Crippen LogP contribution is -2.49. The number of amides is 2. The average Bonchev–Trinajstić information content (AvgIpc) is 3.27. The minimum absolute atomic E-state index is 0.256. The number of hydrogen-bond acceptors (Lipinski definition) is 10. The normalized spacial score (nSPS) is 27.6. The number of Topliss-reactive ketones (excluding diaryl/α,β-unsaturated/α-hetero) is 1. The molecule has 292 valence electrons. The highest BCUT2D eigenvalue weighted by molar-refractivity contribution is 7.87. The molecule has 2 amide bonds. The number of carbonyl (C=O) groups is 3. The van der Waals surface area contributed by atoms with E-state index in [1.807, 2.05) is 0 Å². The van der Waals surface area contributed by atoms with Crippen LogP contribution in [-0.2, 0) is 67.8 Å². The highest BCUT2D eigenvalue weighted by Gasteiger charge is 2.75. The monoisotopic (exact) mass is 831 g/mol. The Labute approximate surface area is 292 Å². The van der Waals surface area contributed by atoms with Crippen LogP contribution in [0.4, 0.5) is 52.7 Å². The third-order valence-corrected chi connectivity index (χ3v) is 11.5. The van der Waals surface area contributed by atoms with Crippen LogP contribution >= 0.6 is 0 Å². The average molecular weight is 832 g/mol. The van der Waals surface area contributed by atoms with Crippen molar-refractivity contribution in [3.8, 4) is 0 Å². The number of nitrogens with zero attached hydrogens (tertiary/aromatic N) is 2. The van der Waals surface area contributed by atoms with Crippen LogP contribution in [0.25, 0.3) is 0 Å². The molecule has 1 saturated carbocycles. The first kappa shape index (κ1) is 39.3. The molecular weight excluding hydrogens is 816 g/mol. The van der Waals surface area contributed by atoms with E-state index in [0.29, 0.717) is 0 Å². The minimum atomic E-state index is -5.93. The molecule has 2 aromatic rings. The zero-order valence-corrected chi connectivity index (χ0v) is 27.1. The van der Waals surface area contributed by atoms with E-state index in [-0.39, 0.29) is 29.0 Å². The molecule has 0 radical (unpaired) electrons. The van der Waals surface area contributed by atoms with Gasteiger partial charge in [0.05, 0.1) is 49.8 Å². The summed E-state index contributed by atoms with van der Waals surface area (Å²) in [6, 6.07) is -3.80. The zero-order chi connectivity index (χ0) is 40.5. The number of hydrogen-bond donors (Lipinski definition) is 0. The van der Waals surface area contributed by atoms with Crippen LogP contribution in [0.5, 0.6) is 0 Å². The summed E-state index contributed by atoms with van der Waals surface area (Å²) in [5, 5.41) is -0.571. The second kappa shape index (κ2) is 12.0. The first-order valence-electron chi connectivity index (χ1n) is 14.5. The van der Waals surface area contributed by atoms with Gasteiger partial charge in [0.1, 0.15) is 5.92 Å². The van der Waals surface area contributed by atoms with E-state index >= 15 is 0 Å². The third-order valence-electron chi connectivity index (χ3n) is 9.09. The van der Waals surface area contributed by atoms with Gasteiger partial charge in [-0.15, -0.1) is 9.35 Å². The number of halogens is 12. The number of benzene rings is 2. The van der Waals surface area contributed by atoms with Crippen molar-refractivity contribution in [2.75, 3.05) is 0 Å². The Balaban J connectivity index is 1.35. The van der Waals surface area contributed by atoms with Gasteiger partial charge in [0.15, 0.2) is 5.78 Å². The van der Waals surface area contributed by atoms with Gasteiger partial charge in [-0.2, -0.15) is 73.7 Å². The number of nitroso groups, excluding NO2 is 1. The SMILES string of the molecule is O=C1C2C=CC3C(C4C(=O)N(OS(=O)(=O)c5cc(C(F)(F)F)cc(C(F)(F)F)c5)C(=O)C24)C1C(OS(=O)(=O)c1cc(C(F)(F)F)cc(C(F)(F)F)c1)[N+]3=O. The summed E-state index contributed by atoms with van der Waals surface area (Å²) < 4.78 is 222. The summed E-state index contributed by atoms with van der Waals surface area (Å²) in [5.41, 5.74) is -8.48. The predicted octanol–water partition coefficient (Wildman–Crippen LogP) is 4.88. The number of alkyl halides is 12. The van der Waals surface area contributed by atoms with Crippen molar-refractivity contribution in [1.82, 2.24) is 5.06 Å². The molecule has 7 unspecified atom stereocenters. The number of rotatable bonds is 6. The van der Waals surface area contributed by atoms with Crippen LogP contribution in [0.1, 0.15) is 22.3 Å². The Morgan fingerprint density at radius 2 is 0.981 bits per heavy atom. The van der Waals surface area contributed by atoms with E-state index in [2.05, 4.69) is 4.28 Å². The highest BCUT2D eigenvalue weighted by atomic mass is 32.2. The van der Waals surface area contributed by atoms with Gasteiger partial charge in [-0.05, 0) is 42.5 Å². The molecule has 5 aliphatic rings. The van der Waals surface area contributed by atoms with Gasteiger partial charge >= 0.3 is 51.2 Å². The van der Waals surface area contributed by atoms with E-state index in [9.17, 15) is 88.8 Å². The molecular formula is C28H15F12N2O10S2+. The van der Waals surface area contributed by atoms with Gasteiger partial charge in [-0.25, -0.2) is 0 Å². The van der Waals surface area contributed by atoms with Gasteiger partial charge < -0.3 is 0 Å². The Morgan fingerprint density at radius 3 is 1.41 bits per heavy atom. The standard InChI is InChI=1S/C28H15F12N2O10S2/c29-25(30,31)9-3-10(26(32,33)34)6-13(5-9)53(47,48)51-24-20-18-16(41(24)46)2-1-15(21(20)43)17-19(18)23(45)42(22(17)44)52-54(49,50)14-7-11(27(35,36)37)4-12(8-14)28(38,39)40/h1-8,15-20,24H/q+1. The molecule has 54 heavy (non-hydrogen) atoms. The first-order chi connectivity index (χ1) is 24.4. The second-order valence-electron chi connectivity index (χ2n) is 12.2. The molecule has 0 N–H and O–H groups in total. The highest BCUT2D eigenvalue weighted by Crippen LogP contribution is 2.56. The maximum absolute atomic E-state index is 13.6. The summed E-state index contributed by atoms with van der Waals surface area (Å²) in [5.74, 6) is -14.4. The van der Waals surface area contributed by atoms with Crippen molar-refractivity contribution >= 4 is 37.8 Å². The van der Waals surface area contributed by atoms with Crippen molar-refractivity contribution in [3.05, 3.63) is 75.7 Å². The van der Waals surface area contributed by atoms with Crippen molar-refractivity contribution in [1.29, 1.82) is 0 Å². The van der Waals surface area contributed by atoms with Crippen LogP contribution in [0, 0.1) is 34.5 Å². The van der Waals surface area contributed by atoms with E-state index in [1.54, 1.807) is 0 Å². The van der Waals surface area contributed by atoms with Crippen LogP contribution in [0.3, 0.4) is 0 Å². The molecule has 2 heterocycles. The summed E-state index contributed by atoms with van der Waals surface area (Å²) in [6.45, 7) is 0. The number of hydroxylamine groups is 2. The Hall–Kier alpha value is -4.43. The largest absolute Gasteiger partial charge is 0.416 e. The fraction of sp³-hybridized carbons (Fsp3) is 0.393. The van der Waals surface area contributed by atoms with Crippen molar-refractivity contribution in [2.45, 2.75) is 46.8 Å². The fourth-order valence-corrected chi connectivity index (χ4v) is 8.93. The molecule has 26 heteroatoms. The van der Waals surface area contributed by atoms with Crippen LogP contribution in [0.2, 0.25) is 0 Å². The smallest absolute Gasteiger partial charge is 0.298 e. The lowest BCUT2D eigenvalue weighted by molar-refractivity contribution is -0.624. The van der Waals surface area contributed by atoms with Gasteiger partial charge in [0, 0.05) is 15.6 Å². The third kappa shape index (κ3) is 6.44.